The van der Waals surface area contributed by atoms with E-state index >= 15 is 0 Å². The maximum atomic E-state index is 11.8. The Labute approximate surface area is 67.5 Å². The molecule has 0 saturated carbocycles. The predicted octanol–water partition coefficient (Wildman–Crippen LogP) is -0.658. The lowest BCUT2D eigenvalue weighted by atomic mass is 10.6. The quantitative estimate of drug-likeness (QED) is 0.275. The molecule has 0 radical (unpaired) electrons. The fourth-order valence-electron chi connectivity index (χ4n) is 0.651. The first-order valence-electron chi connectivity index (χ1n) is 3.21. The maximum Gasteiger partial charge on any atom is 0.219 e. The summed E-state index contributed by atoms with van der Waals surface area (Å²) in [7, 11) is 0. The number of oxime groups is 1. The molecule has 0 bridgehead atoms. The van der Waals surface area contributed by atoms with E-state index in [-0.39, 0.29) is 18.2 Å². The molecule has 0 amide bonds. The third-order valence-electron chi connectivity index (χ3n) is 1.19. The van der Waals surface area contributed by atoms with Crippen molar-refractivity contribution in [1.29, 1.82) is 0 Å². The molecule has 1 aromatic rings. The summed E-state index contributed by atoms with van der Waals surface area (Å²) in [4.78, 5) is 3.67. The highest BCUT2D eigenvalue weighted by Gasteiger charge is 2.04. The summed E-state index contributed by atoms with van der Waals surface area (Å²) in [6, 6.07) is 0. The molecule has 0 fully saturated rings. The van der Waals surface area contributed by atoms with Crippen LogP contribution in [0.15, 0.2) is 11.5 Å². The van der Waals surface area contributed by atoms with Gasteiger partial charge in [-0.3, -0.25) is 0 Å². The molecule has 0 saturated heterocycles. The number of hydrogen-bond acceptors (Lipinski definition) is 4. The summed E-state index contributed by atoms with van der Waals surface area (Å²) in [5.41, 5.74) is 5.17. The molecule has 0 aliphatic carbocycles. The molecule has 0 spiro atoms. The van der Waals surface area contributed by atoms with Gasteiger partial charge in [-0.05, 0) is 0 Å². The summed E-state index contributed by atoms with van der Waals surface area (Å²) in [5.74, 6) is -0.0986. The van der Waals surface area contributed by atoms with Crippen LogP contribution < -0.4 is 5.73 Å². The van der Waals surface area contributed by atoms with Crippen LogP contribution in [0.5, 0.6) is 0 Å². The van der Waals surface area contributed by atoms with Crippen LogP contribution >= 0.6 is 0 Å². The molecule has 7 heteroatoms. The van der Waals surface area contributed by atoms with Gasteiger partial charge in [-0.25, -0.2) is 14.1 Å². The number of nitrogens with zero attached hydrogens (tertiary/aromatic N) is 4. The lowest BCUT2D eigenvalue weighted by Crippen LogP contribution is -2.15. The van der Waals surface area contributed by atoms with Crippen molar-refractivity contribution in [2.75, 3.05) is 6.67 Å². The average Bonchev–Trinajstić information content (AvgIpc) is 2.52. The van der Waals surface area contributed by atoms with Gasteiger partial charge in [-0.1, -0.05) is 5.16 Å². The summed E-state index contributed by atoms with van der Waals surface area (Å²) >= 11 is 0. The maximum absolute atomic E-state index is 11.8. The van der Waals surface area contributed by atoms with E-state index in [1.165, 1.54) is 11.0 Å². The van der Waals surface area contributed by atoms with Crippen LogP contribution in [0.25, 0.3) is 0 Å². The average molecular weight is 173 g/mol. The molecular formula is C5H8FN5O. The zero-order valence-corrected chi connectivity index (χ0v) is 6.18. The highest BCUT2D eigenvalue weighted by Crippen LogP contribution is 1.89. The van der Waals surface area contributed by atoms with E-state index in [4.69, 9.17) is 10.9 Å². The van der Waals surface area contributed by atoms with E-state index in [9.17, 15) is 4.39 Å². The van der Waals surface area contributed by atoms with Crippen LogP contribution in [-0.2, 0) is 6.54 Å². The lowest BCUT2D eigenvalue weighted by Gasteiger charge is -1.91. The van der Waals surface area contributed by atoms with Crippen LogP contribution in [0.4, 0.5) is 4.39 Å². The van der Waals surface area contributed by atoms with Crippen molar-refractivity contribution in [2.24, 2.45) is 10.9 Å². The topological polar surface area (TPSA) is 89.3 Å². The van der Waals surface area contributed by atoms with Crippen molar-refractivity contribution in [1.82, 2.24) is 14.8 Å². The van der Waals surface area contributed by atoms with Gasteiger partial charge in [0.15, 0.2) is 0 Å². The Hall–Kier alpha value is -1.66. The molecule has 1 rings (SSSR count). The lowest BCUT2D eigenvalue weighted by molar-refractivity contribution is 0.318. The highest BCUT2D eigenvalue weighted by molar-refractivity contribution is 5.93. The van der Waals surface area contributed by atoms with Gasteiger partial charge in [0.1, 0.15) is 13.0 Å². The molecule has 6 nitrogen and oxygen atoms in total. The molecule has 3 N–H and O–H groups in total. The summed E-state index contributed by atoms with van der Waals surface area (Å²) in [6.45, 7) is -0.412. The minimum Gasteiger partial charge on any atom is -0.409 e. The van der Waals surface area contributed by atoms with Gasteiger partial charge in [-0.2, -0.15) is 0 Å². The normalized spacial score (nSPS) is 11.9. The Morgan fingerprint density at radius 2 is 2.58 bits per heavy atom. The van der Waals surface area contributed by atoms with Crippen molar-refractivity contribution in [3.8, 4) is 0 Å². The van der Waals surface area contributed by atoms with Gasteiger partial charge in [-0.15, -0.1) is 5.10 Å². The first kappa shape index (κ1) is 8.44. The molecule has 1 heterocycles. The van der Waals surface area contributed by atoms with Gasteiger partial charge in [0, 0.05) is 0 Å². The number of halogens is 1. The van der Waals surface area contributed by atoms with Crippen LogP contribution in [-0.4, -0.2) is 32.5 Å². The Morgan fingerprint density at radius 3 is 3.17 bits per heavy atom. The number of aryl methyl sites for hydroxylation is 1. The second-order valence-corrected chi connectivity index (χ2v) is 2.01. The summed E-state index contributed by atoms with van der Waals surface area (Å²) in [6.07, 6.45) is 1.31. The fourth-order valence-corrected chi connectivity index (χ4v) is 0.651. The number of amidine groups is 1. The molecule has 0 aliphatic rings. The third-order valence-corrected chi connectivity index (χ3v) is 1.19. The number of rotatable bonds is 3. The van der Waals surface area contributed by atoms with Gasteiger partial charge >= 0.3 is 0 Å². The van der Waals surface area contributed by atoms with Crippen LogP contribution in [0.3, 0.4) is 0 Å². The van der Waals surface area contributed by atoms with Crippen molar-refractivity contribution in [2.45, 2.75) is 6.54 Å². The molecule has 0 aromatic carbocycles. The van der Waals surface area contributed by atoms with Crippen molar-refractivity contribution in [3.05, 3.63) is 12.2 Å². The van der Waals surface area contributed by atoms with Crippen molar-refractivity contribution < 1.29 is 9.60 Å². The Balaban J connectivity index is 2.77. The van der Waals surface area contributed by atoms with Gasteiger partial charge in [0.25, 0.3) is 0 Å². The Kier molecular flexibility index (Phi) is 2.57. The van der Waals surface area contributed by atoms with E-state index in [1.54, 1.807) is 0 Å². The third kappa shape index (κ3) is 1.68. The molecule has 66 valence electrons. The summed E-state index contributed by atoms with van der Waals surface area (Å²) in [5, 5.41) is 14.6. The Morgan fingerprint density at radius 1 is 1.83 bits per heavy atom. The predicted molar refractivity (Wildman–Crippen MR) is 38.5 cm³/mol. The van der Waals surface area contributed by atoms with Gasteiger partial charge in [0.05, 0.1) is 6.54 Å². The zero-order chi connectivity index (χ0) is 8.97. The van der Waals surface area contributed by atoms with Crippen LogP contribution in [0.1, 0.15) is 5.82 Å². The van der Waals surface area contributed by atoms with E-state index < -0.39 is 6.67 Å². The van der Waals surface area contributed by atoms with Gasteiger partial charge in [0.2, 0.25) is 11.7 Å². The van der Waals surface area contributed by atoms with Crippen LogP contribution in [0, 0.1) is 0 Å². The smallest absolute Gasteiger partial charge is 0.219 e. The molecular weight excluding hydrogens is 165 g/mol. The van der Waals surface area contributed by atoms with E-state index in [0.29, 0.717) is 0 Å². The highest BCUT2D eigenvalue weighted by atomic mass is 19.1. The number of nitrogens with two attached hydrogens (primary N) is 1. The summed E-state index contributed by atoms with van der Waals surface area (Å²) < 4.78 is 13.0. The first-order valence-corrected chi connectivity index (χ1v) is 3.21. The monoisotopic (exact) mass is 173 g/mol. The second-order valence-electron chi connectivity index (χ2n) is 2.01. The van der Waals surface area contributed by atoms with E-state index in [1.807, 2.05) is 0 Å². The van der Waals surface area contributed by atoms with Crippen LogP contribution in [0.2, 0.25) is 0 Å². The van der Waals surface area contributed by atoms with E-state index in [0.717, 1.165) is 0 Å². The molecule has 0 unspecified atom stereocenters. The fraction of sp³-hybridized carbons (Fsp3) is 0.400. The molecule has 0 aliphatic heterocycles. The number of hydrogen-bond donors (Lipinski definition) is 2. The number of aromatic nitrogens is 3. The molecule has 1 aromatic heterocycles. The number of alkyl halides is 1. The largest absolute Gasteiger partial charge is 0.409 e. The van der Waals surface area contributed by atoms with Crippen molar-refractivity contribution >= 4 is 5.84 Å². The van der Waals surface area contributed by atoms with Crippen molar-refractivity contribution in [3.63, 3.8) is 0 Å². The minimum atomic E-state index is -0.529. The molecule has 0 atom stereocenters. The first-order chi connectivity index (χ1) is 5.77. The van der Waals surface area contributed by atoms with E-state index in [2.05, 4.69) is 15.2 Å². The second kappa shape index (κ2) is 3.65. The SMILES string of the molecule is NC(=NO)c1ncn(CCF)n1. The minimum absolute atomic E-state index is 0.0888. The Bertz CT molecular complexity index is 283. The standard InChI is InChI=1S/C5H8FN5O/c6-1-2-11-3-8-5(9-11)4(7)10-12/h3,12H,1-2H2,(H2,7,10). The van der Waals surface area contributed by atoms with Gasteiger partial charge < -0.3 is 10.9 Å². The molecule has 12 heavy (non-hydrogen) atoms. The zero-order valence-electron chi connectivity index (χ0n) is 6.18.